The molecule has 4 amide bonds. The van der Waals surface area contributed by atoms with Gasteiger partial charge in [0.1, 0.15) is 18.1 Å². The van der Waals surface area contributed by atoms with Crippen LogP contribution in [-0.2, 0) is 35.2 Å². The Balaban J connectivity index is 3.03. The third kappa shape index (κ3) is 11.4. The van der Waals surface area contributed by atoms with E-state index in [1.807, 2.05) is 0 Å². The zero-order valence-electron chi connectivity index (χ0n) is 21.5. The van der Waals surface area contributed by atoms with Crippen molar-refractivity contribution >= 4 is 35.6 Å². The van der Waals surface area contributed by atoms with E-state index >= 15 is 0 Å². The van der Waals surface area contributed by atoms with Gasteiger partial charge in [0.25, 0.3) is 0 Å². The van der Waals surface area contributed by atoms with Gasteiger partial charge < -0.3 is 37.6 Å². The summed E-state index contributed by atoms with van der Waals surface area (Å²) in [6.07, 6.45) is -0.528. The van der Waals surface area contributed by atoms with Crippen LogP contribution in [0.15, 0.2) is 30.3 Å². The van der Waals surface area contributed by atoms with Crippen molar-refractivity contribution in [2.24, 2.45) is 17.4 Å². The Morgan fingerprint density at radius 3 is 1.97 bits per heavy atom. The number of hydrogen-bond donors (Lipinski definition) is 7. The predicted molar refractivity (Wildman–Crippen MR) is 136 cm³/mol. The second-order valence-corrected chi connectivity index (χ2v) is 9.07. The normalized spacial score (nSPS) is 14.7. The number of nitrogens with one attached hydrogen (secondary N) is 3. The average molecular weight is 536 g/mol. The first-order valence-electron chi connectivity index (χ1n) is 12.3. The van der Waals surface area contributed by atoms with E-state index in [1.54, 1.807) is 44.2 Å². The first-order chi connectivity index (χ1) is 17.8. The Morgan fingerprint density at radius 1 is 0.842 bits per heavy atom. The molecule has 0 bridgehead atoms. The molecule has 13 heteroatoms. The number of rotatable bonds is 17. The zero-order chi connectivity index (χ0) is 28.8. The molecule has 0 saturated heterocycles. The third-order valence-corrected chi connectivity index (χ3v) is 6.01. The van der Waals surface area contributed by atoms with E-state index in [-0.39, 0.29) is 32.1 Å². The molecule has 13 nitrogen and oxygen atoms in total. The number of carbonyl (C=O) groups excluding carboxylic acids is 4. The van der Waals surface area contributed by atoms with Crippen molar-refractivity contribution in [3.05, 3.63) is 35.9 Å². The minimum Gasteiger partial charge on any atom is -0.481 e. The first kappa shape index (κ1) is 32.0. The first-order valence-corrected chi connectivity index (χ1v) is 12.3. The van der Waals surface area contributed by atoms with E-state index in [0.29, 0.717) is 12.0 Å². The van der Waals surface area contributed by atoms with Gasteiger partial charge in [0.15, 0.2) is 0 Å². The molecule has 0 aromatic heterocycles. The maximum absolute atomic E-state index is 13.1. The average Bonchev–Trinajstić information content (AvgIpc) is 2.87. The topological polar surface area (TPSA) is 231 Å². The van der Waals surface area contributed by atoms with E-state index in [0.717, 1.165) is 0 Å². The highest BCUT2D eigenvalue weighted by molar-refractivity contribution is 5.94. The van der Waals surface area contributed by atoms with Crippen LogP contribution in [0, 0.1) is 5.92 Å². The Morgan fingerprint density at radius 2 is 1.45 bits per heavy atom. The number of aliphatic carboxylic acids is 2. The van der Waals surface area contributed by atoms with Crippen molar-refractivity contribution in [2.45, 2.75) is 76.5 Å². The highest BCUT2D eigenvalue weighted by Gasteiger charge is 2.33. The van der Waals surface area contributed by atoms with E-state index in [4.69, 9.17) is 16.6 Å². The molecular weight excluding hydrogens is 498 g/mol. The second kappa shape index (κ2) is 16.0. The molecule has 0 saturated carbocycles. The molecule has 0 aliphatic rings. The molecule has 5 atom stereocenters. The lowest BCUT2D eigenvalue weighted by Crippen LogP contribution is -2.59. The van der Waals surface area contributed by atoms with Gasteiger partial charge in [0.05, 0.1) is 6.04 Å². The van der Waals surface area contributed by atoms with Gasteiger partial charge in [0, 0.05) is 19.3 Å². The number of amides is 4. The summed E-state index contributed by atoms with van der Waals surface area (Å²) in [5.74, 6) is -5.89. The summed E-state index contributed by atoms with van der Waals surface area (Å²) in [5.41, 5.74) is 11.6. The zero-order valence-corrected chi connectivity index (χ0v) is 21.5. The molecule has 210 valence electrons. The van der Waals surface area contributed by atoms with Crippen molar-refractivity contribution in [1.82, 2.24) is 16.0 Å². The number of carbonyl (C=O) groups is 6. The standard InChI is InChI=1S/C25H37N5O8/c1-3-14(2)21(24(36)29-18(25(37)38)13-15-7-5-4-6-8-15)30-23(35)17(10-11-19(27)31)28-22(34)16(26)9-12-20(32)33/h4-8,14,16-18,21H,3,9-13,26H2,1-2H3,(H2,27,31)(H,28,34)(H,29,36)(H,30,35)(H,32,33)(H,37,38). The van der Waals surface area contributed by atoms with Crippen molar-refractivity contribution in [3.63, 3.8) is 0 Å². The lowest BCUT2D eigenvalue weighted by molar-refractivity contribution is -0.142. The van der Waals surface area contributed by atoms with E-state index in [2.05, 4.69) is 16.0 Å². The van der Waals surface area contributed by atoms with Gasteiger partial charge in [-0.15, -0.1) is 0 Å². The van der Waals surface area contributed by atoms with Gasteiger partial charge >= 0.3 is 11.9 Å². The Kier molecular flexibility index (Phi) is 13.5. The maximum atomic E-state index is 13.1. The molecule has 0 heterocycles. The number of nitrogens with two attached hydrogens (primary N) is 2. The lowest BCUT2D eigenvalue weighted by atomic mass is 9.96. The van der Waals surface area contributed by atoms with Crippen LogP contribution in [-0.4, -0.2) is 69.9 Å². The highest BCUT2D eigenvalue weighted by Crippen LogP contribution is 2.11. The molecule has 0 aliphatic carbocycles. The number of carboxylic acid groups (broad SMARTS) is 2. The van der Waals surface area contributed by atoms with E-state index < -0.39 is 65.7 Å². The quantitative estimate of drug-likeness (QED) is 0.133. The number of primary amides is 1. The minimum atomic E-state index is -1.30. The summed E-state index contributed by atoms with van der Waals surface area (Å²) in [7, 11) is 0. The molecule has 0 radical (unpaired) electrons. The van der Waals surface area contributed by atoms with Crippen LogP contribution in [0.2, 0.25) is 0 Å². The number of hydrogen-bond acceptors (Lipinski definition) is 7. The second-order valence-electron chi connectivity index (χ2n) is 9.07. The number of benzene rings is 1. The SMILES string of the molecule is CCC(C)C(NC(=O)C(CCC(N)=O)NC(=O)C(N)CCC(=O)O)C(=O)NC(Cc1ccccc1)C(=O)O. The van der Waals surface area contributed by atoms with Gasteiger partial charge in [0.2, 0.25) is 23.6 Å². The largest absolute Gasteiger partial charge is 0.481 e. The van der Waals surface area contributed by atoms with Crippen LogP contribution in [0.4, 0.5) is 0 Å². The molecule has 0 aliphatic heterocycles. The van der Waals surface area contributed by atoms with Crippen LogP contribution in [0.3, 0.4) is 0 Å². The summed E-state index contributed by atoms with van der Waals surface area (Å²) in [5, 5.41) is 25.8. The maximum Gasteiger partial charge on any atom is 0.326 e. The van der Waals surface area contributed by atoms with Crippen LogP contribution < -0.4 is 27.4 Å². The van der Waals surface area contributed by atoms with Crippen LogP contribution in [0.5, 0.6) is 0 Å². The van der Waals surface area contributed by atoms with Crippen molar-refractivity contribution in [3.8, 4) is 0 Å². The van der Waals surface area contributed by atoms with E-state index in [1.165, 1.54) is 0 Å². The molecule has 0 fully saturated rings. The highest BCUT2D eigenvalue weighted by atomic mass is 16.4. The fourth-order valence-electron chi connectivity index (χ4n) is 3.51. The summed E-state index contributed by atoms with van der Waals surface area (Å²) < 4.78 is 0. The van der Waals surface area contributed by atoms with Gasteiger partial charge in [-0.3, -0.25) is 24.0 Å². The fraction of sp³-hybridized carbons (Fsp3) is 0.520. The van der Waals surface area contributed by atoms with Crippen molar-refractivity contribution in [1.29, 1.82) is 0 Å². The van der Waals surface area contributed by atoms with Gasteiger partial charge in [-0.25, -0.2) is 4.79 Å². The third-order valence-electron chi connectivity index (χ3n) is 6.01. The molecule has 0 spiro atoms. The molecule has 1 aromatic carbocycles. The molecule has 5 unspecified atom stereocenters. The summed E-state index contributed by atoms with van der Waals surface area (Å²) >= 11 is 0. The van der Waals surface area contributed by atoms with Gasteiger partial charge in [-0.05, 0) is 24.3 Å². The smallest absolute Gasteiger partial charge is 0.326 e. The summed E-state index contributed by atoms with van der Waals surface area (Å²) in [6, 6.07) is 3.77. The van der Waals surface area contributed by atoms with E-state index in [9.17, 15) is 33.9 Å². The van der Waals surface area contributed by atoms with Crippen LogP contribution >= 0.6 is 0 Å². The predicted octanol–water partition coefficient (Wildman–Crippen LogP) is -0.728. The summed E-state index contributed by atoms with van der Waals surface area (Å²) in [6.45, 7) is 3.47. The van der Waals surface area contributed by atoms with Crippen molar-refractivity contribution < 1.29 is 39.0 Å². The van der Waals surface area contributed by atoms with Gasteiger partial charge in [-0.2, -0.15) is 0 Å². The molecule has 9 N–H and O–H groups in total. The molecule has 38 heavy (non-hydrogen) atoms. The summed E-state index contributed by atoms with van der Waals surface area (Å²) in [4.78, 5) is 72.6. The Bertz CT molecular complexity index is 987. The molecule has 1 rings (SSSR count). The molecular formula is C25H37N5O8. The number of carboxylic acids is 2. The van der Waals surface area contributed by atoms with Gasteiger partial charge in [-0.1, -0.05) is 50.6 Å². The Hall–Kier alpha value is -4.00. The van der Waals surface area contributed by atoms with Crippen LogP contribution in [0.1, 0.15) is 51.5 Å². The van der Waals surface area contributed by atoms with Crippen LogP contribution in [0.25, 0.3) is 0 Å². The fourth-order valence-corrected chi connectivity index (χ4v) is 3.51. The van der Waals surface area contributed by atoms with Crippen molar-refractivity contribution in [2.75, 3.05) is 0 Å². The lowest BCUT2D eigenvalue weighted by Gasteiger charge is -2.28. The minimum absolute atomic E-state index is 0.0224. The molecule has 1 aromatic rings. The monoisotopic (exact) mass is 535 g/mol. The Labute approximate surface area is 220 Å².